The van der Waals surface area contributed by atoms with Crippen LogP contribution in [0.1, 0.15) is 12.8 Å². The van der Waals surface area contributed by atoms with Crippen LogP contribution in [0.25, 0.3) is 11.1 Å². The van der Waals surface area contributed by atoms with E-state index in [2.05, 4.69) is 39.8 Å². The molecular formula is C15H16IN3O. The fraction of sp³-hybridized carbons (Fsp3) is 0.333. The Morgan fingerprint density at radius 1 is 1.20 bits per heavy atom. The Balaban J connectivity index is 1.77. The second-order valence-electron chi connectivity index (χ2n) is 4.99. The third-order valence-electron chi connectivity index (χ3n) is 3.56. The molecule has 1 aliphatic heterocycles. The molecule has 104 valence electrons. The van der Waals surface area contributed by atoms with E-state index in [4.69, 9.17) is 0 Å². The molecule has 4 nitrogen and oxygen atoms in total. The second-order valence-corrected chi connectivity index (χ2v) is 6.01. The van der Waals surface area contributed by atoms with Gasteiger partial charge in [0.15, 0.2) is 0 Å². The van der Waals surface area contributed by atoms with Crippen molar-refractivity contribution in [2.75, 3.05) is 13.1 Å². The molecule has 20 heavy (non-hydrogen) atoms. The summed E-state index contributed by atoms with van der Waals surface area (Å²) in [7, 11) is 0. The van der Waals surface area contributed by atoms with E-state index in [1.807, 2.05) is 29.3 Å². The zero-order valence-electron chi connectivity index (χ0n) is 11.1. The summed E-state index contributed by atoms with van der Waals surface area (Å²) in [5.41, 5.74) is 2.22. The third kappa shape index (κ3) is 2.87. The number of nitrogens with zero attached hydrogens (tertiary/aromatic N) is 3. The van der Waals surface area contributed by atoms with Crippen molar-refractivity contribution in [1.29, 1.82) is 0 Å². The van der Waals surface area contributed by atoms with Crippen molar-refractivity contribution in [2.24, 2.45) is 0 Å². The molecule has 0 unspecified atom stereocenters. The molecule has 0 bridgehead atoms. The SMILES string of the molecule is O=C(Cn1cc(-c2ccccc2)c(I)n1)N1CCCC1. The lowest BCUT2D eigenvalue weighted by atomic mass is 10.1. The molecule has 3 rings (SSSR count). The van der Waals surface area contributed by atoms with E-state index in [0.29, 0.717) is 6.54 Å². The van der Waals surface area contributed by atoms with E-state index in [-0.39, 0.29) is 5.91 Å². The van der Waals surface area contributed by atoms with Crippen LogP contribution in [-0.4, -0.2) is 33.7 Å². The fourth-order valence-electron chi connectivity index (χ4n) is 2.50. The van der Waals surface area contributed by atoms with E-state index in [9.17, 15) is 4.79 Å². The smallest absolute Gasteiger partial charge is 0.244 e. The Bertz CT molecular complexity index is 603. The highest BCUT2D eigenvalue weighted by atomic mass is 127. The van der Waals surface area contributed by atoms with Crippen LogP contribution in [-0.2, 0) is 11.3 Å². The van der Waals surface area contributed by atoms with Gasteiger partial charge in [0.05, 0.1) is 0 Å². The molecule has 5 heteroatoms. The first kappa shape index (κ1) is 13.6. The van der Waals surface area contributed by atoms with Crippen molar-refractivity contribution < 1.29 is 4.79 Å². The number of hydrogen-bond acceptors (Lipinski definition) is 2. The van der Waals surface area contributed by atoms with E-state index < -0.39 is 0 Å². The molecule has 0 radical (unpaired) electrons. The van der Waals surface area contributed by atoms with Gasteiger partial charge < -0.3 is 4.90 Å². The number of hydrogen-bond donors (Lipinski definition) is 0. The lowest BCUT2D eigenvalue weighted by molar-refractivity contribution is -0.130. The molecule has 0 atom stereocenters. The van der Waals surface area contributed by atoms with E-state index in [1.54, 1.807) is 4.68 Å². The number of benzene rings is 1. The molecule has 2 aromatic rings. The predicted molar refractivity (Wildman–Crippen MR) is 86.2 cm³/mol. The quantitative estimate of drug-likeness (QED) is 0.767. The molecule has 1 fully saturated rings. The molecule has 1 amide bonds. The van der Waals surface area contributed by atoms with Gasteiger partial charge in [-0.3, -0.25) is 9.48 Å². The van der Waals surface area contributed by atoms with E-state index in [1.165, 1.54) is 0 Å². The summed E-state index contributed by atoms with van der Waals surface area (Å²) in [6.45, 7) is 2.12. The van der Waals surface area contributed by atoms with Crippen LogP contribution >= 0.6 is 22.6 Å². The minimum absolute atomic E-state index is 0.168. The number of amides is 1. The molecular weight excluding hydrogens is 365 g/mol. The maximum Gasteiger partial charge on any atom is 0.244 e. The second kappa shape index (κ2) is 5.95. The Labute approximate surface area is 131 Å². The summed E-state index contributed by atoms with van der Waals surface area (Å²) in [6, 6.07) is 10.1. The van der Waals surface area contributed by atoms with Crippen LogP contribution in [0.15, 0.2) is 36.5 Å². The predicted octanol–water partition coefficient (Wildman–Crippen LogP) is 2.78. The van der Waals surface area contributed by atoms with Gasteiger partial charge >= 0.3 is 0 Å². The van der Waals surface area contributed by atoms with Crippen LogP contribution in [0.2, 0.25) is 0 Å². The molecule has 0 aliphatic carbocycles. The molecule has 1 aromatic carbocycles. The average Bonchev–Trinajstić information content (AvgIpc) is 3.09. The number of carbonyl (C=O) groups excluding carboxylic acids is 1. The molecule has 1 aromatic heterocycles. The average molecular weight is 381 g/mol. The molecule has 1 saturated heterocycles. The Hall–Kier alpha value is -1.37. The van der Waals surface area contributed by atoms with Crippen LogP contribution in [0, 0.1) is 3.70 Å². The normalized spacial score (nSPS) is 14.8. The van der Waals surface area contributed by atoms with Crippen LogP contribution < -0.4 is 0 Å². The molecule has 1 aliphatic rings. The summed E-state index contributed by atoms with van der Waals surface area (Å²) >= 11 is 2.22. The first-order valence-corrected chi connectivity index (χ1v) is 7.88. The van der Waals surface area contributed by atoms with Crippen molar-refractivity contribution in [3.8, 4) is 11.1 Å². The summed E-state index contributed by atoms with van der Waals surface area (Å²) in [4.78, 5) is 14.1. The fourth-order valence-corrected chi connectivity index (χ4v) is 3.22. The highest BCUT2D eigenvalue weighted by molar-refractivity contribution is 14.1. The Morgan fingerprint density at radius 2 is 1.90 bits per heavy atom. The number of carbonyl (C=O) groups is 1. The van der Waals surface area contributed by atoms with Gasteiger partial charge in [0, 0.05) is 24.8 Å². The van der Waals surface area contributed by atoms with Crippen molar-refractivity contribution in [2.45, 2.75) is 19.4 Å². The first-order valence-electron chi connectivity index (χ1n) is 6.80. The third-order valence-corrected chi connectivity index (χ3v) is 4.35. The molecule has 0 N–H and O–H groups in total. The number of aromatic nitrogens is 2. The number of halogens is 1. The van der Waals surface area contributed by atoms with Crippen molar-refractivity contribution in [1.82, 2.24) is 14.7 Å². The van der Waals surface area contributed by atoms with Crippen LogP contribution in [0.4, 0.5) is 0 Å². The van der Waals surface area contributed by atoms with Gasteiger partial charge in [-0.15, -0.1) is 0 Å². The first-order chi connectivity index (χ1) is 9.74. The molecule has 0 spiro atoms. The zero-order chi connectivity index (χ0) is 13.9. The highest BCUT2D eigenvalue weighted by Crippen LogP contribution is 2.24. The summed E-state index contributed by atoms with van der Waals surface area (Å²) < 4.78 is 2.69. The summed E-state index contributed by atoms with van der Waals surface area (Å²) in [6.07, 6.45) is 4.21. The van der Waals surface area contributed by atoms with Gasteiger partial charge in [0.1, 0.15) is 10.2 Å². The van der Waals surface area contributed by atoms with Crippen LogP contribution in [0.5, 0.6) is 0 Å². The zero-order valence-corrected chi connectivity index (χ0v) is 13.3. The summed E-state index contributed by atoms with van der Waals surface area (Å²) in [5, 5.41) is 4.45. The maximum atomic E-state index is 12.1. The summed E-state index contributed by atoms with van der Waals surface area (Å²) in [5.74, 6) is 0.168. The topological polar surface area (TPSA) is 38.1 Å². The largest absolute Gasteiger partial charge is 0.341 e. The van der Waals surface area contributed by atoms with Crippen LogP contribution in [0.3, 0.4) is 0 Å². The monoisotopic (exact) mass is 381 g/mol. The Kier molecular flexibility index (Phi) is 4.05. The van der Waals surface area contributed by atoms with Gasteiger partial charge in [-0.2, -0.15) is 5.10 Å². The van der Waals surface area contributed by atoms with Gasteiger partial charge in [-0.25, -0.2) is 0 Å². The van der Waals surface area contributed by atoms with Crippen molar-refractivity contribution in [3.05, 3.63) is 40.2 Å². The Morgan fingerprint density at radius 3 is 2.60 bits per heavy atom. The van der Waals surface area contributed by atoms with Crippen molar-refractivity contribution >= 4 is 28.5 Å². The van der Waals surface area contributed by atoms with E-state index in [0.717, 1.165) is 40.8 Å². The van der Waals surface area contributed by atoms with Gasteiger partial charge in [-0.1, -0.05) is 30.3 Å². The van der Waals surface area contributed by atoms with Gasteiger partial charge in [-0.05, 0) is 41.0 Å². The van der Waals surface area contributed by atoms with E-state index >= 15 is 0 Å². The minimum Gasteiger partial charge on any atom is -0.341 e. The standard InChI is InChI=1S/C15H16IN3O/c16-15-13(12-6-2-1-3-7-12)10-19(17-15)11-14(20)18-8-4-5-9-18/h1-3,6-7,10H,4-5,8-9,11H2. The highest BCUT2D eigenvalue weighted by Gasteiger charge is 2.19. The van der Waals surface area contributed by atoms with Gasteiger partial charge in [0.25, 0.3) is 0 Å². The number of likely N-dealkylation sites (tertiary alicyclic amines) is 1. The van der Waals surface area contributed by atoms with Gasteiger partial charge in [0.2, 0.25) is 5.91 Å². The van der Waals surface area contributed by atoms with Crippen molar-refractivity contribution in [3.63, 3.8) is 0 Å². The molecule has 2 heterocycles. The lowest BCUT2D eigenvalue weighted by Crippen LogP contribution is -2.31. The molecule has 0 saturated carbocycles. The maximum absolute atomic E-state index is 12.1. The number of rotatable bonds is 3. The lowest BCUT2D eigenvalue weighted by Gasteiger charge is -2.14. The minimum atomic E-state index is 0.168.